The number of amides is 2. The van der Waals surface area contributed by atoms with E-state index in [0.717, 1.165) is 6.42 Å². The molecule has 0 radical (unpaired) electrons. The first-order valence-electron chi connectivity index (χ1n) is 10.1. The number of aliphatic imine (C=N–C) groups is 1. The van der Waals surface area contributed by atoms with Crippen LogP contribution in [0.15, 0.2) is 77.8 Å². The van der Waals surface area contributed by atoms with Gasteiger partial charge in [0.2, 0.25) is 11.8 Å². The number of para-hydroxylation sites is 2. The molecule has 0 aliphatic carbocycles. The van der Waals surface area contributed by atoms with Crippen LogP contribution in [0.1, 0.15) is 24.5 Å². The monoisotopic (exact) mass is 415 g/mol. The zero-order valence-electron chi connectivity index (χ0n) is 17.1. The summed E-state index contributed by atoms with van der Waals surface area (Å²) in [5.41, 5.74) is 4.23. The summed E-state index contributed by atoms with van der Waals surface area (Å²) in [5.74, 6) is -0.892. The molecule has 0 spiro atoms. The fourth-order valence-electron chi connectivity index (χ4n) is 3.50. The van der Waals surface area contributed by atoms with E-state index in [-0.39, 0.29) is 30.6 Å². The average Bonchev–Trinajstić information content (AvgIpc) is 2.91. The van der Waals surface area contributed by atoms with Gasteiger partial charge in [-0.3, -0.25) is 14.6 Å². The Balaban J connectivity index is 1.57. The van der Waals surface area contributed by atoms with Gasteiger partial charge in [-0.15, -0.1) is 0 Å². The van der Waals surface area contributed by atoms with E-state index in [4.69, 9.17) is 0 Å². The Bertz CT molecular complexity index is 1140. The van der Waals surface area contributed by atoms with Crippen LogP contribution in [-0.4, -0.2) is 24.1 Å². The summed E-state index contributed by atoms with van der Waals surface area (Å²) in [6.07, 6.45) is 0.933. The number of fused-ring (bicyclic) bond motifs is 1. The highest BCUT2D eigenvalue weighted by atomic mass is 19.1. The summed E-state index contributed by atoms with van der Waals surface area (Å²) in [4.78, 5) is 31.9. The lowest BCUT2D eigenvalue weighted by molar-refractivity contribution is -0.120. The van der Waals surface area contributed by atoms with Crippen molar-refractivity contribution < 1.29 is 14.0 Å². The molecule has 4 rings (SSSR count). The van der Waals surface area contributed by atoms with Crippen molar-refractivity contribution >= 4 is 34.6 Å². The van der Waals surface area contributed by atoms with Crippen molar-refractivity contribution in [3.63, 3.8) is 0 Å². The molecule has 0 unspecified atom stereocenters. The van der Waals surface area contributed by atoms with Crippen LogP contribution in [0.2, 0.25) is 0 Å². The number of benzene rings is 3. The molecule has 3 aromatic carbocycles. The van der Waals surface area contributed by atoms with Gasteiger partial charge >= 0.3 is 0 Å². The van der Waals surface area contributed by atoms with Crippen LogP contribution < -0.4 is 10.2 Å². The molecule has 0 bridgehead atoms. The maximum absolute atomic E-state index is 13.3. The molecule has 0 saturated heterocycles. The molecule has 0 saturated carbocycles. The van der Waals surface area contributed by atoms with Crippen LogP contribution in [0.4, 0.5) is 21.5 Å². The Labute approximate surface area is 180 Å². The van der Waals surface area contributed by atoms with E-state index in [1.165, 1.54) is 22.6 Å². The quantitative estimate of drug-likeness (QED) is 0.645. The first kappa shape index (κ1) is 20.5. The molecular weight excluding hydrogens is 393 g/mol. The van der Waals surface area contributed by atoms with Crippen LogP contribution in [0, 0.1) is 5.82 Å². The van der Waals surface area contributed by atoms with Gasteiger partial charge in [-0.05, 0) is 53.9 Å². The largest absolute Gasteiger partial charge is 0.325 e. The number of nitrogens with one attached hydrogen (secondary N) is 1. The van der Waals surface area contributed by atoms with Crippen molar-refractivity contribution in [1.29, 1.82) is 0 Å². The molecule has 1 aliphatic heterocycles. The molecule has 1 aliphatic rings. The molecule has 0 atom stereocenters. The van der Waals surface area contributed by atoms with E-state index in [0.29, 0.717) is 28.3 Å². The number of hydrogen-bond donors (Lipinski definition) is 1. The normalized spacial score (nSPS) is 13.3. The van der Waals surface area contributed by atoms with Crippen molar-refractivity contribution in [3.05, 3.63) is 89.7 Å². The van der Waals surface area contributed by atoms with Crippen LogP contribution >= 0.6 is 0 Å². The molecule has 0 aromatic heterocycles. The highest BCUT2D eigenvalue weighted by Gasteiger charge is 2.26. The van der Waals surface area contributed by atoms with Crippen LogP contribution in [0.5, 0.6) is 0 Å². The van der Waals surface area contributed by atoms with Crippen molar-refractivity contribution in [2.45, 2.75) is 19.8 Å². The second-order valence-corrected chi connectivity index (χ2v) is 7.31. The average molecular weight is 415 g/mol. The number of halogens is 1. The van der Waals surface area contributed by atoms with Crippen molar-refractivity contribution in [2.24, 2.45) is 4.99 Å². The van der Waals surface area contributed by atoms with Gasteiger partial charge in [-0.1, -0.05) is 43.3 Å². The van der Waals surface area contributed by atoms with E-state index >= 15 is 0 Å². The molecule has 3 aromatic rings. The van der Waals surface area contributed by atoms with Gasteiger partial charge in [-0.2, -0.15) is 0 Å². The summed E-state index contributed by atoms with van der Waals surface area (Å²) in [6, 6.07) is 20.7. The molecule has 1 heterocycles. The van der Waals surface area contributed by atoms with Crippen molar-refractivity contribution in [1.82, 2.24) is 0 Å². The number of anilines is 2. The zero-order valence-corrected chi connectivity index (χ0v) is 17.1. The highest BCUT2D eigenvalue weighted by molar-refractivity contribution is 6.18. The maximum Gasteiger partial charge on any atom is 0.244 e. The number of nitrogens with zero attached hydrogens (tertiary/aromatic N) is 2. The highest BCUT2D eigenvalue weighted by Crippen LogP contribution is 2.32. The Morgan fingerprint density at radius 1 is 1.03 bits per heavy atom. The minimum absolute atomic E-state index is 0.0127. The molecular formula is C25H22FN3O2. The SMILES string of the molecule is CCc1ccc(NC(=O)CN2C(=O)CC(c3ccc(F)cc3)=Nc3ccccc32)cc1. The summed E-state index contributed by atoms with van der Waals surface area (Å²) >= 11 is 0. The Kier molecular flexibility index (Phi) is 5.89. The van der Waals surface area contributed by atoms with Gasteiger partial charge < -0.3 is 10.2 Å². The number of carbonyl (C=O) groups is 2. The molecule has 6 heteroatoms. The van der Waals surface area contributed by atoms with Gasteiger partial charge in [0.25, 0.3) is 0 Å². The summed E-state index contributed by atoms with van der Waals surface area (Å²) < 4.78 is 13.3. The summed E-state index contributed by atoms with van der Waals surface area (Å²) in [5, 5.41) is 2.85. The van der Waals surface area contributed by atoms with Crippen LogP contribution in [0.25, 0.3) is 0 Å². The fraction of sp³-hybridized carbons (Fsp3) is 0.160. The van der Waals surface area contributed by atoms with E-state index in [9.17, 15) is 14.0 Å². The minimum atomic E-state index is -0.352. The summed E-state index contributed by atoms with van der Waals surface area (Å²) in [7, 11) is 0. The van der Waals surface area contributed by atoms with E-state index in [1.54, 1.807) is 30.3 Å². The third-order valence-corrected chi connectivity index (χ3v) is 5.17. The van der Waals surface area contributed by atoms with E-state index in [1.807, 2.05) is 30.3 Å². The molecule has 31 heavy (non-hydrogen) atoms. The van der Waals surface area contributed by atoms with Gasteiger partial charge in [0.1, 0.15) is 12.4 Å². The predicted molar refractivity (Wildman–Crippen MR) is 120 cm³/mol. The lowest BCUT2D eigenvalue weighted by Crippen LogP contribution is -2.38. The second-order valence-electron chi connectivity index (χ2n) is 7.31. The van der Waals surface area contributed by atoms with E-state index in [2.05, 4.69) is 17.2 Å². The zero-order chi connectivity index (χ0) is 21.8. The van der Waals surface area contributed by atoms with Gasteiger partial charge in [-0.25, -0.2) is 4.39 Å². The Morgan fingerprint density at radius 3 is 2.45 bits per heavy atom. The van der Waals surface area contributed by atoms with Crippen molar-refractivity contribution in [3.8, 4) is 0 Å². The first-order valence-corrected chi connectivity index (χ1v) is 10.1. The minimum Gasteiger partial charge on any atom is -0.325 e. The summed E-state index contributed by atoms with van der Waals surface area (Å²) in [6.45, 7) is 1.94. The first-order chi connectivity index (χ1) is 15.0. The predicted octanol–water partition coefficient (Wildman–Crippen LogP) is 4.88. The third kappa shape index (κ3) is 4.69. The molecule has 1 N–H and O–H groups in total. The van der Waals surface area contributed by atoms with E-state index < -0.39 is 0 Å². The van der Waals surface area contributed by atoms with Crippen LogP contribution in [0.3, 0.4) is 0 Å². The topological polar surface area (TPSA) is 61.8 Å². The smallest absolute Gasteiger partial charge is 0.244 e. The maximum atomic E-state index is 13.3. The second kappa shape index (κ2) is 8.92. The standard InChI is InChI=1S/C25H22FN3O2/c1-2-17-7-13-20(14-8-17)27-24(30)16-29-23-6-4-3-5-21(23)28-22(15-25(29)31)18-9-11-19(26)12-10-18/h3-14H,2,15-16H2,1H3,(H,27,30). The van der Waals surface area contributed by atoms with Gasteiger partial charge in [0, 0.05) is 5.69 Å². The molecule has 5 nitrogen and oxygen atoms in total. The third-order valence-electron chi connectivity index (χ3n) is 5.17. The molecule has 0 fully saturated rings. The Hall–Kier alpha value is -3.80. The van der Waals surface area contributed by atoms with Gasteiger partial charge in [0.15, 0.2) is 0 Å². The number of aryl methyl sites for hydroxylation is 1. The number of rotatable bonds is 5. The Morgan fingerprint density at radius 2 is 1.74 bits per heavy atom. The molecule has 156 valence electrons. The van der Waals surface area contributed by atoms with Gasteiger partial charge in [0.05, 0.1) is 23.5 Å². The lowest BCUT2D eigenvalue weighted by Gasteiger charge is -2.22. The number of carbonyl (C=O) groups excluding carboxylic acids is 2. The van der Waals surface area contributed by atoms with Crippen molar-refractivity contribution in [2.75, 3.05) is 16.8 Å². The number of hydrogen-bond acceptors (Lipinski definition) is 3. The lowest BCUT2D eigenvalue weighted by atomic mass is 10.1. The van der Waals surface area contributed by atoms with Crippen LogP contribution in [-0.2, 0) is 16.0 Å². The fourth-order valence-corrected chi connectivity index (χ4v) is 3.50. The molecule has 2 amide bonds.